The van der Waals surface area contributed by atoms with Crippen molar-refractivity contribution in [2.24, 2.45) is 5.92 Å². The molecule has 29 heavy (non-hydrogen) atoms. The molecule has 1 aliphatic heterocycles. The molecule has 1 N–H and O–H groups in total. The minimum absolute atomic E-state index is 0.00183. The maximum Gasteiger partial charge on any atom is 0.263 e. The highest BCUT2D eigenvalue weighted by molar-refractivity contribution is 7.14. The Hall–Kier alpha value is -2.21. The lowest BCUT2D eigenvalue weighted by molar-refractivity contribution is -0.125. The van der Waals surface area contributed by atoms with Gasteiger partial charge in [-0.3, -0.25) is 14.6 Å². The Bertz CT molecular complexity index is 841. The van der Waals surface area contributed by atoms with E-state index < -0.39 is 0 Å². The topological polar surface area (TPSA) is 62.3 Å². The number of thiophene rings is 1. The number of aryl methyl sites for hydroxylation is 1. The first-order chi connectivity index (χ1) is 14.2. The van der Waals surface area contributed by atoms with E-state index in [9.17, 15) is 9.59 Å². The number of hydrogen-bond acceptors (Lipinski definition) is 4. The summed E-state index contributed by atoms with van der Waals surface area (Å²) in [6.45, 7) is 2.37. The number of carbonyl (C=O) groups is 2. The van der Waals surface area contributed by atoms with Crippen LogP contribution in [0.15, 0.2) is 30.5 Å². The first-order valence-corrected chi connectivity index (χ1v) is 11.6. The summed E-state index contributed by atoms with van der Waals surface area (Å²) in [4.78, 5) is 34.0. The molecule has 154 valence electrons. The molecule has 2 aliphatic rings. The lowest BCUT2D eigenvalue weighted by Crippen LogP contribution is -2.35. The third-order valence-corrected chi connectivity index (χ3v) is 7.19. The summed E-state index contributed by atoms with van der Waals surface area (Å²) in [6, 6.07) is 7.90. The molecule has 6 heteroatoms. The molecular weight excluding hydrogens is 382 g/mol. The van der Waals surface area contributed by atoms with Gasteiger partial charge in [-0.05, 0) is 55.9 Å². The Morgan fingerprint density at radius 2 is 2.00 bits per heavy atom. The number of nitrogens with zero attached hydrogens (tertiary/aromatic N) is 2. The highest BCUT2D eigenvalue weighted by atomic mass is 32.1. The van der Waals surface area contributed by atoms with Crippen molar-refractivity contribution in [3.63, 3.8) is 0 Å². The number of carbonyl (C=O) groups excluding carboxylic acids is 2. The summed E-state index contributed by atoms with van der Waals surface area (Å²) in [7, 11) is 0. The lowest BCUT2D eigenvalue weighted by atomic mass is 9.87. The van der Waals surface area contributed by atoms with Crippen LogP contribution in [0.1, 0.15) is 57.9 Å². The number of fused-ring (bicyclic) bond motifs is 1. The van der Waals surface area contributed by atoms with Gasteiger partial charge in [-0.1, -0.05) is 18.9 Å². The maximum absolute atomic E-state index is 12.9. The van der Waals surface area contributed by atoms with Crippen LogP contribution in [0.3, 0.4) is 0 Å². The van der Waals surface area contributed by atoms with Crippen molar-refractivity contribution in [2.75, 3.05) is 19.6 Å². The minimum Gasteiger partial charge on any atom is -0.355 e. The van der Waals surface area contributed by atoms with Crippen molar-refractivity contribution in [3.8, 4) is 0 Å². The lowest BCUT2D eigenvalue weighted by Gasteiger charge is -2.21. The Balaban J connectivity index is 1.32. The van der Waals surface area contributed by atoms with Crippen LogP contribution in [0.4, 0.5) is 0 Å². The SMILES string of the molecule is O=C(NCCc1ccccn1)[C@H]1CCc2sc(C(=O)N3CCCCCC3)cc2C1. The average molecular weight is 412 g/mol. The molecule has 2 aromatic heterocycles. The first-order valence-electron chi connectivity index (χ1n) is 10.8. The molecule has 4 rings (SSSR count). The summed E-state index contributed by atoms with van der Waals surface area (Å²) >= 11 is 1.64. The number of aromatic nitrogens is 1. The van der Waals surface area contributed by atoms with Crippen LogP contribution in [0.2, 0.25) is 0 Å². The number of rotatable bonds is 5. The van der Waals surface area contributed by atoms with Crippen molar-refractivity contribution in [1.82, 2.24) is 15.2 Å². The summed E-state index contributed by atoms with van der Waals surface area (Å²) in [6.07, 6.45) is 9.69. The van der Waals surface area contributed by atoms with E-state index in [0.717, 1.165) is 62.2 Å². The molecule has 0 aromatic carbocycles. The van der Waals surface area contributed by atoms with Gasteiger partial charge in [0.15, 0.2) is 0 Å². The largest absolute Gasteiger partial charge is 0.355 e. The van der Waals surface area contributed by atoms with Gasteiger partial charge in [0.05, 0.1) is 4.88 Å². The standard InChI is InChI=1S/C23H29N3O2S/c27-22(25-12-10-19-7-3-4-11-24-19)17-8-9-20-18(15-17)16-21(29-20)23(28)26-13-5-1-2-6-14-26/h3-4,7,11,16-17H,1-2,5-6,8-10,12-15H2,(H,25,27)/t17-/m0/s1. The molecule has 0 radical (unpaired) electrons. The smallest absolute Gasteiger partial charge is 0.263 e. The van der Waals surface area contributed by atoms with Gasteiger partial charge < -0.3 is 10.2 Å². The molecular formula is C23H29N3O2S. The normalized spacial score (nSPS) is 19.3. The van der Waals surface area contributed by atoms with Gasteiger partial charge >= 0.3 is 0 Å². The molecule has 1 atom stereocenters. The molecule has 2 amide bonds. The second-order valence-corrected chi connectivity index (χ2v) is 9.20. The van der Waals surface area contributed by atoms with Crippen molar-refractivity contribution < 1.29 is 9.59 Å². The van der Waals surface area contributed by atoms with E-state index in [1.807, 2.05) is 23.1 Å². The van der Waals surface area contributed by atoms with E-state index in [0.29, 0.717) is 6.54 Å². The van der Waals surface area contributed by atoms with Crippen LogP contribution < -0.4 is 5.32 Å². The predicted molar refractivity (Wildman–Crippen MR) is 115 cm³/mol. The van der Waals surface area contributed by atoms with Crippen LogP contribution in [0, 0.1) is 5.92 Å². The molecule has 1 saturated heterocycles. The number of nitrogens with one attached hydrogen (secondary N) is 1. The quantitative estimate of drug-likeness (QED) is 0.817. The molecule has 0 bridgehead atoms. The number of amides is 2. The Kier molecular flexibility index (Phi) is 6.60. The first kappa shape index (κ1) is 20.1. The third kappa shape index (κ3) is 5.04. The predicted octanol–water partition coefficient (Wildman–Crippen LogP) is 3.62. The zero-order chi connectivity index (χ0) is 20.1. The summed E-state index contributed by atoms with van der Waals surface area (Å²) in [5, 5.41) is 3.07. The molecule has 2 aromatic rings. The Labute approximate surface area is 176 Å². The Morgan fingerprint density at radius 1 is 1.17 bits per heavy atom. The van der Waals surface area contributed by atoms with Crippen molar-refractivity contribution >= 4 is 23.2 Å². The van der Waals surface area contributed by atoms with Gasteiger partial charge in [-0.25, -0.2) is 0 Å². The summed E-state index contributed by atoms with van der Waals surface area (Å²) < 4.78 is 0. The number of likely N-dealkylation sites (tertiary alicyclic amines) is 1. The molecule has 1 fully saturated rings. The van der Waals surface area contributed by atoms with Crippen LogP contribution in [0.5, 0.6) is 0 Å². The highest BCUT2D eigenvalue weighted by Gasteiger charge is 2.28. The van der Waals surface area contributed by atoms with Gasteiger partial charge in [0.25, 0.3) is 5.91 Å². The van der Waals surface area contributed by atoms with E-state index in [1.54, 1.807) is 17.5 Å². The molecule has 0 unspecified atom stereocenters. The van der Waals surface area contributed by atoms with Gasteiger partial charge in [-0.2, -0.15) is 0 Å². The second-order valence-electron chi connectivity index (χ2n) is 8.07. The van der Waals surface area contributed by atoms with Crippen molar-refractivity contribution in [2.45, 2.75) is 51.4 Å². The number of pyridine rings is 1. The van der Waals surface area contributed by atoms with Gasteiger partial charge in [-0.15, -0.1) is 11.3 Å². The monoisotopic (exact) mass is 411 g/mol. The summed E-state index contributed by atoms with van der Waals surface area (Å²) in [5.74, 6) is 0.308. The van der Waals surface area contributed by atoms with Crippen LogP contribution in [-0.4, -0.2) is 41.3 Å². The zero-order valence-corrected chi connectivity index (χ0v) is 17.7. The van der Waals surface area contributed by atoms with Gasteiger partial charge in [0.1, 0.15) is 0 Å². The third-order valence-electron chi connectivity index (χ3n) is 5.96. The van der Waals surface area contributed by atoms with Crippen LogP contribution in [0.25, 0.3) is 0 Å². The minimum atomic E-state index is 0.00183. The Morgan fingerprint density at radius 3 is 2.76 bits per heavy atom. The highest BCUT2D eigenvalue weighted by Crippen LogP contribution is 2.33. The van der Waals surface area contributed by atoms with Crippen LogP contribution in [-0.2, 0) is 24.1 Å². The molecule has 3 heterocycles. The number of hydrogen-bond donors (Lipinski definition) is 1. The molecule has 5 nitrogen and oxygen atoms in total. The fourth-order valence-corrected chi connectivity index (χ4v) is 5.46. The van der Waals surface area contributed by atoms with Crippen molar-refractivity contribution in [3.05, 3.63) is 51.5 Å². The average Bonchev–Trinajstić information content (AvgIpc) is 2.99. The van der Waals surface area contributed by atoms with Crippen molar-refractivity contribution in [1.29, 1.82) is 0 Å². The molecule has 1 aliphatic carbocycles. The van der Waals surface area contributed by atoms with E-state index in [1.165, 1.54) is 23.3 Å². The van der Waals surface area contributed by atoms with Gasteiger partial charge in [0.2, 0.25) is 5.91 Å². The van der Waals surface area contributed by atoms with Crippen LogP contribution >= 0.6 is 11.3 Å². The molecule has 0 spiro atoms. The molecule has 0 saturated carbocycles. The fourth-order valence-electron chi connectivity index (χ4n) is 4.29. The van der Waals surface area contributed by atoms with E-state index in [4.69, 9.17) is 0 Å². The van der Waals surface area contributed by atoms with Gasteiger partial charge in [0, 0.05) is 48.7 Å². The second kappa shape index (κ2) is 9.53. The maximum atomic E-state index is 12.9. The van der Waals surface area contributed by atoms with E-state index >= 15 is 0 Å². The zero-order valence-electron chi connectivity index (χ0n) is 16.9. The van der Waals surface area contributed by atoms with E-state index in [2.05, 4.69) is 16.4 Å². The fraction of sp³-hybridized carbons (Fsp3) is 0.522. The van der Waals surface area contributed by atoms with E-state index in [-0.39, 0.29) is 17.7 Å². The summed E-state index contributed by atoms with van der Waals surface area (Å²) in [5.41, 5.74) is 2.19.